The van der Waals surface area contributed by atoms with E-state index in [-0.39, 0.29) is 5.91 Å². The molecule has 2 aromatic heterocycles. The lowest BCUT2D eigenvalue weighted by molar-refractivity contribution is -0.141. The molecule has 1 amide bonds. The fourth-order valence-electron chi connectivity index (χ4n) is 1.74. The van der Waals surface area contributed by atoms with E-state index in [0.29, 0.717) is 30.0 Å². The Morgan fingerprint density at radius 2 is 2.33 bits per heavy atom. The Morgan fingerprint density at radius 3 is 3.00 bits per heavy atom. The number of thiophene rings is 1. The quantitative estimate of drug-likeness (QED) is 0.737. The highest BCUT2D eigenvalue weighted by Crippen LogP contribution is 2.19. The Morgan fingerprint density at radius 1 is 1.52 bits per heavy atom. The summed E-state index contributed by atoms with van der Waals surface area (Å²) >= 11 is 1.30. The van der Waals surface area contributed by atoms with Gasteiger partial charge in [0.2, 0.25) is 0 Å². The molecule has 0 bridgehead atoms. The molecule has 0 saturated carbocycles. The zero-order chi connectivity index (χ0) is 15.2. The van der Waals surface area contributed by atoms with Crippen molar-refractivity contribution in [3.63, 3.8) is 0 Å². The summed E-state index contributed by atoms with van der Waals surface area (Å²) in [5, 5.41) is 24.2. The summed E-state index contributed by atoms with van der Waals surface area (Å²) in [6.45, 7) is 2.09. The number of hydrogen-bond donors (Lipinski definition) is 2. The molecule has 2 rings (SSSR count). The molecule has 0 spiro atoms. The Labute approximate surface area is 124 Å². The van der Waals surface area contributed by atoms with Crippen molar-refractivity contribution >= 4 is 23.2 Å². The topological polar surface area (TPSA) is 110 Å². The molecule has 2 heterocycles. The summed E-state index contributed by atoms with van der Waals surface area (Å²) in [5.41, 5.74) is 0.626. The van der Waals surface area contributed by atoms with Gasteiger partial charge >= 0.3 is 5.97 Å². The molecular formula is C12H15N5O3S. The van der Waals surface area contributed by atoms with E-state index in [9.17, 15) is 9.59 Å². The van der Waals surface area contributed by atoms with Gasteiger partial charge in [-0.1, -0.05) is 6.92 Å². The molecule has 0 aliphatic heterocycles. The van der Waals surface area contributed by atoms with E-state index in [0.717, 1.165) is 0 Å². The first-order chi connectivity index (χ1) is 10.1. The van der Waals surface area contributed by atoms with Crippen molar-refractivity contribution < 1.29 is 14.7 Å². The maximum Gasteiger partial charge on any atom is 0.306 e. The predicted molar refractivity (Wildman–Crippen MR) is 75.4 cm³/mol. The number of carbonyl (C=O) groups excluding carboxylic acids is 1. The first kappa shape index (κ1) is 15.1. The lowest BCUT2D eigenvalue weighted by atomic mass is 10.1. The first-order valence-electron chi connectivity index (χ1n) is 6.41. The minimum atomic E-state index is -0.819. The summed E-state index contributed by atoms with van der Waals surface area (Å²) in [6, 6.07) is 1.77. The van der Waals surface area contributed by atoms with E-state index >= 15 is 0 Å². The molecule has 21 heavy (non-hydrogen) atoms. The third-order valence-corrected chi connectivity index (χ3v) is 3.87. The van der Waals surface area contributed by atoms with Gasteiger partial charge in [-0.15, -0.1) is 16.4 Å². The second-order valence-electron chi connectivity index (χ2n) is 4.53. The van der Waals surface area contributed by atoms with Crippen molar-refractivity contribution in [1.29, 1.82) is 0 Å². The minimum Gasteiger partial charge on any atom is -0.481 e. The molecule has 2 aromatic rings. The van der Waals surface area contributed by atoms with Crippen LogP contribution >= 0.6 is 11.3 Å². The molecule has 112 valence electrons. The fraction of sp³-hybridized carbons (Fsp3) is 0.417. The normalized spacial score (nSPS) is 12.0. The van der Waals surface area contributed by atoms with Crippen LogP contribution in [0.15, 0.2) is 17.8 Å². The van der Waals surface area contributed by atoms with E-state index in [1.807, 2.05) is 0 Å². The number of hydrogen-bond acceptors (Lipinski definition) is 6. The monoisotopic (exact) mass is 309 g/mol. The fourth-order valence-corrected chi connectivity index (χ4v) is 2.53. The number of aliphatic carboxylic acids is 1. The number of carbonyl (C=O) groups is 2. The molecule has 0 fully saturated rings. The highest BCUT2D eigenvalue weighted by Gasteiger charge is 2.15. The van der Waals surface area contributed by atoms with Crippen LogP contribution in [-0.4, -0.2) is 43.7 Å². The number of nitrogens with one attached hydrogen (secondary N) is 1. The number of aromatic nitrogens is 4. The summed E-state index contributed by atoms with van der Waals surface area (Å²) in [6.07, 6.45) is 2.57. The Bertz CT molecular complexity index is 610. The Kier molecular flexibility index (Phi) is 4.99. The number of carboxylic acids is 1. The van der Waals surface area contributed by atoms with Gasteiger partial charge in [0.15, 0.2) is 0 Å². The van der Waals surface area contributed by atoms with Gasteiger partial charge < -0.3 is 10.4 Å². The second-order valence-corrected chi connectivity index (χ2v) is 5.44. The van der Waals surface area contributed by atoms with Crippen molar-refractivity contribution in [2.24, 2.45) is 5.92 Å². The van der Waals surface area contributed by atoms with Crippen molar-refractivity contribution in [2.45, 2.75) is 19.8 Å². The third-order valence-electron chi connectivity index (χ3n) is 2.97. The maximum atomic E-state index is 12.1. The van der Waals surface area contributed by atoms with E-state index in [1.165, 1.54) is 22.3 Å². The molecule has 0 saturated heterocycles. The standard InChI is InChI=1S/C12H15N5O3S/c1-8(12(19)20)3-2-5-13-11(18)10-9(4-6-21-10)17-7-14-15-16-17/h4,6-8H,2-3,5H2,1H3,(H,13,18)(H,19,20). The molecular weight excluding hydrogens is 294 g/mol. The van der Waals surface area contributed by atoms with Gasteiger partial charge in [0.1, 0.15) is 11.2 Å². The number of rotatable bonds is 7. The summed E-state index contributed by atoms with van der Waals surface area (Å²) in [5.74, 6) is -1.43. The van der Waals surface area contributed by atoms with Crippen molar-refractivity contribution in [1.82, 2.24) is 25.5 Å². The average Bonchev–Trinajstić information content (AvgIpc) is 3.11. The Hall–Kier alpha value is -2.29. The average molecular weight is 309 g/mol. The van der Waals surface area contributed by atoms with Crippen LogP contribution in [0, 0.1) is 5.92 Å². The molecule has 0 aliphatic carbocycles. The van der Waals surface area contributed by atoms with Crippen LogP contribution in [0.2, 0.25) is 0 Å². The van der Waals surface area contributed by atoms with E-state index in [2.05, 4.69) is 20.8 Å². The zero-order valence-electron chi connectivity index (χ0n) is 11.4. The number of nitrogens with zero attached hydrogens (tertiary/aromatic N) is 4. The van der Waals surface area contributed by atoms with Crippen LogP contribution in [0.1, 0.15) is 29.4 Å². The van der Waals surface area contributed by atoms with E-state index in [4.69, 9.17) is 5.11 Å². The molecule has 2 N–H and O–H groups in total. The lowest BCUT2D eigenvalue weighted by Crippen LogP contribution is -2.25. The van der Waals surface area contributed by atoms with Crippen LogP contribution in [0.25, 0.3) is 5.69 Å². The third kappa shape index (κ3) is 3.85. The van der Waals surface area contributed by atoms with E-state index < -0.39 is 11.9 Å². The number of amides is 1. The highest BCUT2D eigenvalue weighted by molar-refractivity contribution is 7.12. The van der Waals surface area contributed by atoms with Crippen LogP contribution in [0.4, 0.5) is 0 Å². The summed E-state index contributed by atoms with van der Waals surface area (Å²) in [7, 11) is 0. The van der Waals surface area contributed by atoms with Crippen molar-refractivity contribution in [2.75, 3.05) is 6.54 Å². The van der Waals surface area contributed by atoms with Crippen LogP contribution in [0.3, 0.4) is 0 Å². The SMILES string of the molecule is CC(CCCNC(=O)c1sccc1-n1cnnn1)C(=O)O. The number of tetrazole rings is 1. The molecule has 1 atom stereocenters. The first-order valence-corrected chi connectivity index (χ1v) is 7.29. The van der Waals surface area contributed by atoms with Gasteiger partial charge in [0.25, 0.3) is 5.91 Å². The van der Waals surface area contributed by atoms with Crippen LogP contribution < -0.4 is 5.32 Å². The van der Waals surface area contributed by atoms with Gasteiger partial charge in [-0.25, -0.2) is 0 Å². The molecule has 0 aliphatic rings. The van der Waals surface area contributed by atoms with Gasteiger partial charge in [-0.05, 0) is 34.7 Å². The summed E-state index contributed by atoms with van der Waals surface area (Å²) < 4.78 is 1.43. The van der Waals surface area contributed by atoms with Gasteiger partial charge in [-0.3, -0.25) is 9.59 Å². The van der Waals surface area contributed by atoms with E-state index in [1.54, 1.807) is 18.4 Å². The van der Waals surface area contributed by atoms with Gasteiger partial charge in [0, 0.05) is 6.54 Å². The van der Waals surface area contributed by atoms with Gasteiger partial charge in [-0.2, -0.15) is 4.68 Å². The lowest BCUT2D eigenvalue weighted by Gasteiger charge is -2.07. The Balaban J connectivity index is 1.87. The molecule has 9 heteroatoms. The van der Waals surface area contributed by atoms with Crippen molar-refractivity contribution in [3.05, 3.63) is 22.7 Å². The maximum absolute atomic E-state index is 12.1. The summed E-state index contributed by atoms with van der Waals surface area (Å²) in [4.78, 5) is 23.3. The van der Waals surface area contributed by atoms with Crippen LogP contribution in [-0.2, 0) is 4.79 Å². The van der Waals surface area contributed by atoms with Crippen molar-refractivity contribution in [3.8, 4) is 5.69 Å². The largest absolute Gasteiger partial charge is 0.481 e. The smallest absolute Gasteiger partial charge is 0.306 e. The molecule has 8 nitrogen and oxygen atoms in total. The van der Waals surface area contributed by atoms with Crippen LogP contribution in [0.5, 0.6) is 0 Å². The highest BCUT2D eigenvalue weighted by atomic mass is 32.1. The molecule has 0 radical (unpaired) electrons. The predicted octanol–water partition coefficient (Wildman–Crippen LogP) is 0.954. The number of carboxylic acid groups (broad SMARTS) is 1. The van der Waals surface area contributed by atoms with Gasteiger partial charge in [0.05, 0.1) is 11.6 Å². The zero-order valence-corrected chi connectivity index (χ0v) is 12.2. The second kappa shape index (κ2) is 6.93. The molecule has 0 aromatic carbocycles. The molecule has 1 unspecified atom stereocenters. The minimum absolute atomic E-state index is 0.210.